The summed E-state index contributed by atoms with van der Waals surface area (Å²) in [6, 6.07) is 4.26. The maximum Gasteiger partial charge on any atom is 0.407 e. The molecule has 0 radical (unpaired) electrons. The average molecular weight is 419 g/mol. The summed E-state index contributed by atoms with van der Waals surface area (Å²) in [6.07, 6.45) is 0.121. The Morgan fingerprint density at radius 3 is 2.34 bits per heavy atom. The summed E-state index contributed by atoms with van der Waals surface area (Å²) < 4.78 is 5.23. The Morgan fingerprint density at radius 2 is 1.83 bits per heavy atom. The maximum absolute atomic E-state index is 11.7. The first-order chi connectivity index (χ1) is 13.7. The minimum atomic E-state index is -0.513. The van der Waals surface area contributed by atoms with Crippen LogP contribution in [-0.2, 0) is 11.2 Å². The highest BCUT2D eigenvalue weighted by Crippen LogP contribution is 2.29. The van der Waals surface area contributed by atoms with Gasteiger partial charge < -0.3 is 15.0 Å². The van der Waals surface area contributed by atoms with Crippen LogP contribution >= 0.6 is 11.6 Å². The van der Waals surface area contributed by atoms with Crippen molar-refractivity contribution in [2.75, 3.05) is 44.2 Å². The zero-order chi connectivity index (χ0) is 21.6. The fraction of sp³-hybridized carbons (Fsp3) is 0.600. The molecule has 2 rings (SSSR count). The second-order valence-corrected chi connectivity index (χ2v) is 8.15. The Morgan fingerprint density at radius 1 is 1.21 bits per heavy atom. The lowest BCUT2D eigenvalue weighted by atomic mass is 10.0. The van der Waals surface area contributed by atoms with Gasteiger partial charge in [-0.2, -0.15) is 10.5 Å². The maximum atomic E-state index is 11.7. The van der Waals surface area contributed by atoms with Crippen LogP contribution in [0.15, 0.2) is 0 Å². The first kappa shape index (κ1) is 22.7. The number of ether oxygens (including phenoxy) is 1. The predicted molar refractivity (Wildman–Crippen MR) is 111 cm³/mol. The number of aromatic nitrogens is 1. The SMILES string of the molecule is CCc1c(C#N)c(Cl)nc(N2CCN(CCNC(=O)OC(C)(C)C)CC2)c1C#N. The fourth-order valence-electron chi connectivity index (χ4n) is 3.22. The van der Waals surface area contributed by atoms with Gasteiger partial charge >= 0.3 is 6.09 Å². The van der Waals surface area contributed by atoms with Gasteiger partial charge in [-0.05, 0) is 32.8 Å². The first-order valence-corrected chi connectivity index (χ1v) is 10.0. The van der Waals surface area contributed by atoms with Gasteiger partial charge in [0.2, 0.25) is 0 Å². The number of halogens is 1. The number of amides is 1. The average Bonchev–Trinajstić information content (AvgIpc) is 2.66. The Kier molecular flexibility index (Phi) is 7.66. The van der Waals surface area contributed by atoms with Gasteiger partial charge in [0, 0.05) is 39.3 Å². The van der Waals surface area contributed by atoms with Crippen molar-refractivity contribution in [3.05, 3.63) is 21.8 Å². The molecule has 1 aromatic heterocycles. The molecule has 1 fully saturated rings. The summed E-state index contributed by atoms with van der Waals surface area (Å²) in [7, 11) is 0. The van der Waals surface area contributed by atoms with Gasteiger partial charge in [0.25, 0.3) is 0 Å². The van der Waals surface area contributed by atoms with Crippen molar-refractivity contribution in [2.45, 2.75) is 39.7 Å². The minimum absolute atomic E-state index is 0.141. The van der Waals surface area contributed by atoms with Crippen molar-refractivity contribution in [2.24, 2.45) is 0 Å². The molecule has 8 nitrogen and oxygen atoms in total. The molecule has 0 atom stereocenters. The summed E-state index contributed by atoms with van der Waals surface area (Å²) in [5.41, 5.74) is 0.838. The lowest BCUT2D eigenvalue weighted by Gasteiger charge is -2.36. The van der Waals surface area contributed by atoms with E-state index < -0.39 is 11.7 Å². The second-order valence-electron chi connectivity index (χ2n) is 7.79. The third-order valence-corrected chi connectivity index (χ3v) is 4.86. The highest BCUT2D eigenvalue weighted by atomic mass is 35.5. The molecular weight excluding hydrogens is 392 g/mol. The van der Waals surface area contributed by atoms with E-state index >= 15 is 0 Å². The van der Waals surface area contributed by atoms with Gasteiger partial charge in [0.05, 0.1) is 11.1 Å². The molecule has 0 saturated carbocycles. The van der Waals surface area contributed by atoms with Crippen LogP contribution in [0.4, 0.5) is 10.6 Å². The lowest BCUT2D eigenvalue weighted by molar-refractivity contribution is 0.0521. The van der Waals surface area contributed by atoms with Gasteiger partial charge in [-0.1, -0.05) is 18.5 Å². The quantitative estimate of drug-likeness (QED) is 0.732. The van der Waals surface area contributed by atoms with Gasteiger partial charge in [-0.15, -0.1) is 0 Å². The highest BCUT2D eigenvalue weighted by Gasteiger charge is 2.25. The molecule has 2 heterocycles. The van der Waals surface area contributed by atoms with Gasteiger partial charge in [0.15, 0.2) is 0 Å². The Bertz CT molecular complexity index is 829. The smallest absolute Gasteiger partial charge is 0.407 e. The van der Waals surface area contributed by atoms with Crippen LogP contribution in [0.5, 0.6) is 0 Å². The molecular formula is C20H27ClN6O2. The fourth-order valence-corrected chi connectivity index (χ4v) is 3.45. The molecule has 1 aliphatic rings. The molecule has 1 saturated heterocycles. The monoisotopic (exact) mass is 418 g/mol. The van der Waals surface area contributed by atoms with Crippen LogP contribution in [0.25, 0.3) is 0 Å². The second kappa shape index (κ2) is 9.78. The molecule has 0 aliphatic carbocycles. The minimum Gasteiger partial charge on any atom is -0.444 e. The lowest BCUT2D eigenvalue weighted by Crippen LogP contribution is -2.49. The number of nitrogens with one attached hydrogen (secondary N) is 1. The largest absolute Gasteiger partial charge is 0.444 e. The van der Waals surface area contributed by atoms with Crippen LogP contribution < -0.4 is 10.2 Å². The summed E-state index contributed by atoms with van der Waals surface area (Å²) in [6.45, 7) is 11.5. The van der Waals surface area contributed by atoms with Crippen molar-refractivity contribution in [1.29, 1.82) is 10.5 Å². The van der Waals surface area contributed by atoms with E-state index in [4.69, 9.17) is 16.3 Å². The van der Waals surface area contributed by atoms with E-state index in [9.17, 15) is 15.3 Å². The number of hydrogen-bond acceptors (Lipinski definition) is 7. The van der Waals surface area contributed by atoms with Gasteiger partial charge in [-0.3, -0.25) is 4.90 Å². The molecule has 1 aliphatic heterocycles. The van der Waals surface area contributed by atoms with Gasteiger partial charge in [0.1, 0.15) is 28.7 Å². The zero-order valence-corrected chi connectivity index (χ0v) is 18.1. The van der Waals surface area contributed by atoms with E-state index in [1.54, 1.807) is 0 Å². The van der Waals surface area contributed by atoms with Crippen molar-refractivity contribution >= 4 is 23.5 Å². The van der Waals surface area contributed by atoms with E-state index in [2.05, 4.69) is 27.3 Å². The molecule has 9 heteroatoms. The number of nitriles is 2. The molecule has 29 heavy (non-hydrogen) atoms. The van der Waals surface area contributed by atoms with E-state index in [1.165, 1.54) is 0 Å². The van der Waals surface area contributed by atoms with Crippen molar-refractivity contribution < 1.29 is 9.53 Å². The Labute approximate surface area is 177 Å². The van der Waals surface area contributed by atoms with E-state index in [0.29, 0.717) is 49.5 Å². The number of carbonyl (C=O) groups excluding carboxylic acids is 1. The number of anilines is 1. The Hall–Kier alpha value is -2.55. The summed E-state index contributed by atoms with van der Waals surface area (Å²) in [5, 5.41) is 21.9. The van der Waals surface area contributed by atoms with Crippen LogP contribution in [0.3, 0.4) is 0 Å². The predicted octanol–water partition coefficient (Wildman–Crippen LogP) is 2.69. The molecule has 0 bridgehead atoms. The normalized spacial score (nSPS) is 14.8. The molecule has 1 amide bonds. The van der Waals surface area contributed by atoms with E-state index in [-0.39, 0.29) is 10.7 Å². The molecule has 0 unspecified atom stereocenters. The number of pyridine rings is 1. The number of piperazine rings is 1. The molecule has 1 N–H and O–H groups in total. The van der Waals surface area contributed by atoms with Crippen LogP contribution in [0.2, 0.25) is 5.15 Å². The van der Waals surface area contributed by atoms with Crippen LogP contribution in [-0.4, -0.2) is 60.8 Å². The number of carbonyl (C=O) groups is 1. The third-order valence-electron chi connectivity index (χ3n) is 4.58. The van der Waals surface area contributed by atoms with Crippen molar-refractivity contribution in [3.8, 4) is 12.1 Å². The number of alkyl carbamates (subject to hydrolysis) is 1. The molecule has 156 valence electrons. The standard InChI is InChI=1S/C20H27ClN6O2/c1-5-14-15(12-22)17(21)25-18(16(14)13-23)27-10-8-26(9-11-27)7-6-24-19(28)29-20(2,3)4/h5-11H2,1-4H3,(H,24,28). The van der Waals surface area contributed by atoms with E-state index in [0.717, 1.165) is 13.1 Å². The van der Waals surface area contributed by atoms with E-state index in [1.807, 2.05) is 32.6 Å². The number of nitrogens with zero attached hydrogens (tertiary/aromatic N) is 5. The van der Waals surface area contributed by atoms with Crippen molar-refractivity contribution in [3.63, 3.8) is 0 Å². The number of rotatable bonds is 5. The molecule has 0 aromatic carbocycles. The highest BCUT2D eigenvalue weighted by molar-refractivity contribution is 6.30. The third kappa shape index (κ3) is 5.96. The summed E-state index contributed by atoms with van der Waals surface area (Å²) in [4.78, 5) is 20.3. The van der Waals surface area contributed by atoms with Gasteiger partial charge in [-0.25, -0.2) is 9.78 Å². The summed E-state index contributed by atoms with van der Waals surface area (Å²) >= 11 is 6.20. The topological polar surface area (TPSA) is 105 Å². The first-order valence-electron chi connectivity index (χ1n) is 9.66. The van der Waals surface area contributed by atoms with Crippen molar-refractivity contribution in [1.82, 2.24) is 15.2 Å². The van der Waals surface area contributed by atoms with Crippen LogP contribution in [0, 0.1) is 22.7 Å². The Balaban J connectivity index is 1.96. The number of hydrogen-bond donors (Lipinski definition) is 1. The molecule has 1 aromatic rings. The molecule has 0 spiro atoms. The zero-order valence-electron chi connectivity index (χ0n) is 17.4. The van der Waals surface area contributed by atoms with Crippen LogP contribution in [0.1, 0.15) is 44.4 Å². The summed E-state index contributed by atoms with van der Waals surface area (Å²) in [5.74, 6) is 0.542.